The van der Waals surface area contributed by atoms with Crippen molar-refractivity contribution in [3.05, 3.63) is 57.3 Å². The summed E-state index contributed by atoms with van der Waals surface area (Å²) in [5.41, 5.74) is 1.77. The number of carbonyl (C=O) groups is 1. The number of aromatic nitrogens is 1. The van der Waals surface area contributed by atoms with Crippen molar-refractivity contribution >= 4 is 33.4 Å². The molecule has 21 heavy (non-hydrogen) atoms. The van der Waals surface area contributed by atoms with Crippen molar-refractivity contribution in [2.24, 2.45) is 0 Å². The average molecular weight is 370 g/mol. The highest BCUT2D eigenvalue weighted by Crippen LogP contribution is 2.18. The summed E-state index contributed by atoms with van der Waals surface area (Å²) in [4.78, 5) is 14.3. The highest BCUT2D eigenvalue weighted by Gasteiger charge is 2.17. The van der Waals surface area contributed by atoms with Gasteiger partial charge >= 0.3 is 0 Å². The summed E-state index contributed by atoms with van der Waals surface area (Å²) in [5, 5.41) is 0.702. The molecule has 0 saturated heterocycles. The zero-order valence-electron chi connectivity index (χ0n) is 12.1. The zero-order valence-corrected chi connectivity index (χ0v) is 14.5. The summed E-state index contributed by atoms with van der Waals surface area (Å²) in [6.07, 6.45) is 2.94. The van der Waals surface area contributed by atoms with Crippen molar-refractivity contribution in [2.75, 3.05) is 7.05 Å². The number of amides is 1. The molecule has 0 saturated carbocycles. The Bertz CT molecular complexity index is 622. The van der Waals surface area contributed by atoms with E-state index in [1.807, 2.05) is 48.1 Å². The monoisotopic (exact) mass is 368 g/mol. The van der Waals surface area contributed by atoms with Crippen LogP contribution in [-0.4, -0.2) is 22.4 Å². The minimum atomic E-state index is 0.0177. The van der Waals surface area contributed by atoms with Crippen LogP contribution in [0.5, 0.6) is 0 Å². The number of aryl methyl sites for hydroxylation is 1. The Hall–Kier alpha value is -1.26. The molecule has 1 amide bonds. The molecule has 0 aliphatic heterocycles. The van der Waals surface area contributed by atoms with E-state index in [9.17, 15) is 4.79 Å². The Balaban J connectivity index is 2.13. The number of rotatable bonds is 5. The molecule has 0 N–H and O–H groups in total. The smallest absolute Gasteiger partial charge is 0.270 e. The molecule has 0 aliphatic rings. The van der Waals surface area contributed by atoms with Gasteiger partial charge in [0.2, 0.25) is 0 Å². The topological polar surface area (TPSA) is 25.2 Å². The summed E-state index contributed by atoms with van der Waals surface area (Å²) < 4.78 is 2.92. The van der Waals surface area contributed by atoms with Crippen LogP contribution in [0.3, 0.4) is 0 Å². The predicted octanol–water partition coefficient (Wildman–Crippen LogP) is 4.59. The van der Waals surface area contributed by atoms with E-state index in [2.05, 4.69) is 22.9 Å². The minimum Gasteiger partial charge on any atom is -0.342 e. The second-order valence-corrected chi connectivity index (χ2v) is 6.38. The number of hydrogen-bond acceptors (Lipinski definition) is 1. The first-order chi connectivity index (χ1) is 10.0. The molecule has 0 unspecified atom stereocenters. The molecular weight excluding hydrogens is 352 g/mol. The molecular formula is C16H18BrClN2O. The largest absolute Gasteiger partial charge is 0.342 e. The fourth-order valence-electron chi connectivity index (χ4n) is 2.21. The molecule has 0 fully saturated rings. The molecule has 1 aromatic carbocycles. The maximum Gasteiger partial charge on any atom is 0.270 e. The zero-order chi connectivity index (χ0) is 15.4. The SMILES string of the molecule is CCCn1cc(Br)cc1C(=O)N(C)Cc1ccc(Cl)cc1. The molecule has 112 valence electrons. The molecule has 3 nitrogen and oxygen atoms in total. The van der Waals surface area contributed by atoms with E-state index < -0.39 is 0 Å². The van der Waals surface area contributed by atoms with Crippen molar-refractivity contribution in [1.82, 2.24) is 9.47 Å². The number of benzene rings is 1. The van der Waals surface area contributed by atoms with Gasteiger partial charge in [-0.3, -0.25) is 4.79 Å². The Morgan fingerprint density at radius 2 is 2.00 bits per heavy atom. The Morgan fingerprint density at radius 1 is 1.33 bits per heavy atom. The third kappa shape index (κ3) is 4.11. The van der Waals surface area contributed by atoms with Gasteiger partial charge in [0, 0.05) is 35.8 Å². The number of hydrogen-bond donors (Lipinski definition) is 0. The lowest BCUT2D eigenvalue weighted by atomic mass is 10.2. The van der Waals surface area contributed by atoms with Crippen LogP contribution in [0.4, 0.5) is 0 Å². The van der Waals surface area contributed by atoms with Gasteiger partial charge in [0.05, 0.1) is 0 Å². The van der Waals surface area contributed by atoms with Crippen LogP contribution in [0.25, 0.3) is 0 Å². The fraction of sp³-hybridized carbons (Fsp3) is 0.312. The summed E-state index contributed by atoms with van der Waals surface area (Å²) in [5.74, 6) is 0.0177. The lowest BCUT2D eigenvalue weighted by molar-refractivity contribution is 0.0774. The van der Waals surface area contributed by atoms with Gasteiger partial charge in [-0.1, -0.05) is 30.7 Å². The molecule has 2 rings (SSSR count). The van der Waals surface area contributed by atoms with Gasteiger partial charge in [-0.2, -0.15) is 0 Å². The van der Waals surface area contributed by atoms with E-state index in [1.165, 1.54) is 0 Å². The molecule has 0 spiro atoms. The normalized spacial score (nSPS) is 10.7. The lowest BCUT2D eigenvalue weighted by Gasteiger charge is -2.18. The van der Waals surface area contributed by atoms with Gasteiger partial charge < -0.3 is 9.47 Å². The predicted molar refractivity (Wildman–Crippen MR) is 89.7 cm³/mol. The highest BCUT2D eigenvalue weighted by molar-refractivity contribution is 9.10. The summed E-state index contributed by atoms with van der Waals surface area (Å²) in [7, 11) is 1.81. The summed E-state index contributed by atoms with van der Waals surface area (Å²) in [6, 6.07) is 9.42. The highest BCUT2D eigenvalue weighted by atomic mass is 79.9. The Kier molecular flexibility index (Phi) is 5.48. The third-order valence-corrected chi connectivity index (χ3v) is 3.91. The molecule has 0 atom stereocenters. The van der Waals surface area contributed by atoms with E-state index in [0.717, 1.165) is 23.0 Å². The van der Waals surface area contributed by atoms with E-state index in [1.54, 1.807) is 4.90 Å². The second-order valence-electron chi connectivity index (χ2n) is 5.02. The van der Waals surface area contributed by atoms with E-state index >= 15 is 0 Å². The first kappa shape index (κ1) is 16.1. The molecule has 0 radical (unpaired) electrons. The number of nitrogens with zero attached hydrogens (tertiary/aromatic N) is 2. The van der Waals surface area contributed by atoms with Crippen LogP contribution in [0.1, 0.15) is 29.4 Å². The quantitative estimate of drug-likeness (QED) is 0.757. The summed E-state index contributed by atoms with van der Waals surface area (Å²) in [6.45, 7) is 3.49. The first-order valence-electron chi connectivity index (χ1n) is 6.87. The van der Waals surface area contributed by atoms with Crippen molar-refractivity contribution in [3.63, 3.8) is 0 Å². The second kappa shape index (κ2) is 7.14. The van der Waals surface area contributed by atoms with Crippen LogP contribution in [0, 0.1) is 0 Å². The van der Waals surface area contributed by atoms with Crippen LogP contribution in [0.15, 0.2) is 41.0 Å². The van der Waals surface area contributed by atoms with E-state index in [-0.39, 0.29) is 5.91 Å². The van der Waals surface area contributed by atoms with Crippen molar-refractivity contribution < 1.29 is 4.79 Å². The summed E-state index contributed by atoms with van der Waals surface area (Å²) >= 11 is 9.31. The van der Waals surface area contributed by atoms with Crippen LogP contribution >= 0.6 is 27.5 Å². The molecule has 2 aromatic rings. The van der Waals surface area contributed by atoms with Crippen LogP contribution < -0.4 is 0 Å². The number of halogens is 2. The maximum absolute atomic E-state index is 12.6. The molecule has 0 bridgehead atoms. The van der Waals surface area contributed by atoms with Crippen LogP contribution in [-0.2, 0) is 13.1 Å². The third-order valence-electron chi connectivity index (χ3n) is 3.23. The van der Waals surface area contributed by atoms with Gasteiger partial charge in [0.15, 0.2) is 0 Å². The number of carbonyl (C=O) groups excluding carboxylic acids is 1. The fourth-order valence-corrected chi connectivity index (χ4v) is 2.80. The van der Waals surface area contributed by atoms with Gasteiger partial charge in [-0.25, -0.2) is 0 Å². The van der Waals surface area contributed by atoms with E-state index in [0.29, 0.717) is 17.3 Å². The Labute approximate surface area is 138 Å². The Morgan fingerprint density at radius 3 is 2.62 bits per heavy atom. The van der Waals surface area contributed by atoms with Crippen molar-refractivity contribution in [1.29, 1.82) is 0 Å². The molecule has 1 aromatic heterocycles. The minimum absolute atomic E-state index is 0.0177. The van der Waals surface area contributed by atoms with E-state index in [4.69, 9.17) is 11.6 Å². The van der Waals surface area contributed by atoms with Crippen molar-refractivity contribution in [3.8, 4) is 0 Å². The molecule has 0 aliphatic carbocycles. The lowest BCUT2D eigenvalue weighted by Crippen LogP contribution is -2.28. The molecule has 1 heterocycles. The van der Waals surface area contributed by atoms with Gasteiger partial charge in [-0.05, 0) is 46.1 Å². The molecule has 5 heteroatoms. The van der Waals surface area contributed by atoms with Crippen molar-refractivity contribution in [2.45, 2.75) is 26.4 Å². The average Bonchev–Trinajstić information content (AvgIpc) is 2.82. The van der Waals surface area contributed by atoms with Gasteiger partial charge in [0.25, 0.3) is 5.91 Å². The van der Waals surface area contributed by atoms with Gasteiger partial charge in [0.1, 0.15) is 5.69 Å². The van der Waals surface area contributed by atoms with Gasteiger partial charge in [-0.15, -0.1) is 0 Å². The standard InChI is InChI=1S/C16H18BrClN2O/c1-3-8-20-11-13(17)9-15(20)16(21)19(2)10-12-4-6-14(18)7-5-12/h4-7,9,11H,3,8,10H2,1-2H3. The first-order valence-corrected chi connectivity index (χ1v) is 8.04. The maximum atomic E-state index is 12.6. The van der Waals surface area contributed by atoms with Crippen LogP contribution in [0.2, 0.25) is 5.02 Å².